The van der Waals surface area contributed by atoms with Crippen molar-refractivity contribution in [1.29, 1.82) is 0 Å². The van der Waals surface area contributed by atoms with Gasteiger partial charge in [-0.15, -0.1) is 0 Å². The minimum absolute atomic E-state index is 0.149. The molecule has 6 heteroatoms. The zero-order valence-corrected chi connectivity index (χ0v) is 25.7. The second-order valence-corrected chi connectivity index (χ2v) is 12.5. The Hall–Kier alpha value is -3.67. The highest BCUT2D eigenvalue weighted by Crippen LogP contribution is 2.46. The number of amides is 2. The first-order valence-corrected chi connectivity index (χ1v) is 16.4. The summed E-state index contributed by atoms with van der Waals surface area (Å²) in [6, 6.07) is 14.8. The van der Waals surface area contributed by atoms with Crippen LogP contribution in [0.2, 0.25) is 0 Å². The van der Waals surface area contributed by atoms with Gasteiger partial charge in [-0.3, -0.25) is 14.5 Å². The fourth-order valence-corrected chi connectivity index (χ4v) is 7.46. The Labute approximate surface area is 256 Å². The number of hydrogen-bond donors (Lipinski definition) is 0. The monoisotopic (exact) mass is 599 g/mol. The molecule has 1 aliphatic rings. The molecule has 1 aliphatic heterocycles. The van der Waals surface area contributed by atoms with Crippen molar-refractivity contribution in [1.82, 2.24) is 4.90 Å². The maximum atomic E-state index is 14.2. The van der Waals surface area contributed by atoms with Crippen LogP contribution in [-0.2, 0) is 6.18 Å². The van der Waals surface area contributed by atoms with Gasteiger partial charge in [0.05, 0.1) is 5.56 Å². The van der Waals surface area contributed by atoms with Crippen LogP contribution in [0.5, 0.6) is 0 Å². The molecule has 3 nitrogen and oxygen atoms in total. The molecule has 0 unspecified atom stereocenters. The number of alkyl halides is 3. The first-order valence-electron chi connectivity index (χ1n) is 16.4. The summed E-state index contributed by atoms with van der Waals surface area (Å²) >= 11 is 0. The van der Waals surface area contributed by atoms with Crippen molar-refractivity contribution in [2.45, 2.75) is 103 Å². The van der Waals surface area contributed by atoms with Crippen molar-refractivity contribution in [2.75, 3.05) is 0 Å². The molecule has 0 aromatic heterocycles. The number of halogens is 3. The first-order chi connectivity index (χ1) is 21.3. The van der Waals surface area contributed by atoms with E-state index < -0.39 is 11.7 Å². The lowest BCUT2D eigenvalue weighted by Crippen LogP contribution is -2.47. The first kappa shape index (κ1) is 30.4. The van der Waals surface area contributed by atoms with Crippen molar-refractivity contribution in [3.8, 4) is 0 Å². The van der Waals surface area contributed by atoms with Gasteiger partial charge in [0.1, 0.15) is 0 Å². The van der Waals surface area contributed by atoms with Gasteiger partial charge < -0.3 is 0 Å². The van der Waals surface area contributed by atoms with E-state index in [9.17, 15) is 22.8 Å². The molecule has 0 aliphatic carbocycles. The number of unbranched alkanes of at least 4 members (excludes halogenated alkanes) is 8. The van der Waals surface area contributed by atoms with E-state index >= 15 is 0 Å². The molecule has 230 valence electrons. The lowest BCUT2D eigenvalue weighted by atomic mass is 9.83. The topological polar surface area (TPSA) is 37.4 Å². The summed E-state index contributed by atoms with van der Waals surface area (Å²) in [5.41, 5.74) is 0.345. The fraction of sp³-hybridized carbons (Fsp3) is 0.421. The van der Waals surface area contributed by atoms with Crippen LogP contribution in [0.1, 0.15) is 117 Å². The third kappa shape index (κ3) is 5.20. The smallest absolute Gasteiger partial charge is 0.271 e. The van der Waals surface area contributed by atoms with Crippen LogP contribution in [-0.4, -0.2) is 22.8 Å². The zero-order chi connectivity index (χ0) is 31.0. The van der Waals surface area contributed by atoms with Crippen LogP contribution < -0.4 is 0 Å². The Kier molecular flexibility index (Phi) is 8.54. The summed E-state index contributed by atoms with van der Waals surface area (Å²) in [7, 11) is 0. The quantitative estimate of drug-likeness (QED) is 0.0584. The lowest BCUT2D eigenvalue weighted by molar-refractivity contribution is -0.136. The largest absolute Gasteiger partial charge is 0.417 e. The lowest BCUT2D eigenvalue weighted by Gasteiger charge is -2.35. The predicted octanol–water partition coefficient (Wildman–Crippen LogP) is 11.4. The van der Waals surface area contributed by atoms with Crippen molar-refractivity contribution in [2.24, 2.45) is 0 Å². The fourth-order valence-electron chi connectivity index (χ4n) is 7.46. The van der Waals surface area contributed by atoms with E-state index in [2.05, 4.69) is 13.8 Å². The van der Waals surface area contributed by atoms with Crippen molar-refractivity contribution in [3.05, 3.63) is 71.3 Å². The molecule has 0 fully saturated rings. The van der Waals surface area contributed by atoms with Gasteiger partial charge in [-0.2, -0.15) is 13.2 Å². The van der Waals surface area contributed by atoms with Gasteiger partial charge in [0.25, 0.3) is 11.8 Å². The summed E-state index contributed by atoms with van der Waals surface area (Å²) in [5.74, 6) is -0.510. The highest BCUT2D eigenvalue weighted by atomic mass is 19.4. The molecule has 0 bridgehead atoms. The van der Waals surface area contributed by atoms with E-state index in [1.807, 2.05) is 18.2 Å². The van der Waals surface area contributed by atoms with Gasteiger partial charge in [-0.25, -0.2) is 0 Å². The maximum absolute atomic E-state index is 14.2. The van der Waals surface area contributed by atoms with Gasteiger partial charge in [-0.1, -0.05) is 114 Å². The van der Waals surface area contributed by atoms with Crippen LogP contribution in [0.4, 0.5) is 13.2 Å². The molecule has 0 saturated heterocycles. The summed E-state index contributed by atoms with van der Waals surface area (Å²) in [4.78, 5) is 30.0. The van der Waals surface area contributed by atoms with Gasteiger partial charge in [-0.05, 0) is 68.7 Å². The van der Waals surface area contributed by atoms with Gasteiger partial charge >= 0.3 is 6.18 Å². The molecule has 0 atom stereocenters. The maximum Gasteiger partial charge on any atom is 0.417 e. The SMILES string of the molecule is CCCCCCCC(CCCCCCC)N1C(=O)c2ccc3c4cccc5c(C(F)(F)F)ccc(c6ccc(c2c36)C1=O)c54. The predicted molar refractivity (Wildman–Crippen MR) is 174 cm³/mol. The molecule has 1 heterocycles. The van der Waals surface area contributed by atoms with Crippen molar-refractivity contribution < 1.29 is 22.8 Å². The Morgan fingerprint density at radius 3 is 1.59 bits per heavy atom. The highest BCUT2D eigenvalue weighted by Gasteiger charge is 2.38. The Morgan fingerprint density at radius 1 is 0.568 bits per heavy atom. The van der Waals surface area contributed by atoms with Crippen molar-refractivity contribution >= 4 is 54.9 Å². The second-order valence-electron chi connectivity index (χ2n) is 12.5. The number of imide groups is 1. The van der Waals surface area contributed by atoms with Crippen molar-refractivity contribution in [3.63, 3.8) is 0 Å². The molecule has 44 heavy (non-hydrogen) atoms. The standard InChI is InChI=1S/C38H40F3NO2/c1-3-5-7-9-11-14-24(15-12-10-8-6-4-2)42-36(43)30-20-18-27-25-16-13-17-29-32(38(39,40)41)23-22-26(33(25)29)28-19-21-31(37(42)44)35(30)34(27)28/h13,16-24H,3-12,14-15H2,1-2H3. The van der Waals surface area contributed by atoms with E-state index in [0.717, 1.165) is 86.4 Å². The summed E-state index contributed by atoms with van der Waals surface area (Å²) < 4.78 is 41.9. The van der Waals surface area contributed by atoms with Gasteiger partial charge in [0.15, 0.2) is 0 Å². The Bertz CT molecular complexity index is 1760. The zero-order valence-electron chi connectivity index (χ0n) is 25.7. The molecule has 2 amide bonds. The Morgan fingerprint density at radius 2 is 1.05 bits per heavy atom. The molecule has 5 aromatic rings. The van der Waals surface area contributed by atoms with Crippen LogP contribution in [0.15, 0.2) is 54.6 Å². The minimum atomic E-state index is -4.48. The number of fused-ring (bicyclic) bond motifs is 2. The van der Waals surface area contributed by atoms with Crippen LogP contribution in [0.3, 0.4) is 0 Å². The molecule has 0 spiro atoms. The van der Waals surface area contributed by atoms with E-state index in [4.69, 9.17) is 0 Å². The molecule has 5 aromatic carbocycles. The van der Waals surface area contributed by atoms with Crippen LogP contribution >= 0.6 is 0 Å². The average Bonchev–Trinajstić information content (AvgIpc) is 3.01. The van der Waals surface area contributed by atoms with E-state index in [1.165, 1.54) is 29.9 Å². The summed E-state index contributed by atoms with van der Waals surface area (Å²) in [6.07, 6.45) is 8.32. The number of benzene rings is 5. The third-order valence-electron chi connectivity index (χ3n) is 9.63. The second kappa shape index (κ2) is 12.4. The third-order valence-corrected chi connectivity index (χ3v) is 9.63. The van der Waals surface area contributed by atoms with E-state index in [-0.39, 0.29) is 23.2 Å². The number of carbonyl (C=O) groups excluding carboxylic acids is 2. The highest BCUT2D eigenvalue weighted by molar-refractivity contribution is 6.38. The van der Waals surface area contributed by atoms with Crippen LogP contribution in [0, 0.1) is 0 Å². The average molecular weight is 600 g/mol. The Balaban J connectivity index is 1.45. The van der Waals surface area contributed by atoms with Gasteiger partial charge in [0, 0.05) is 22.6 Å². The molecule has 0 N–H and O–H groups in total. The number of hydrogen-bond acceptors (Lipinski definition) is 2. The molecular weight excluding hydrogens is 559 g/mol. The molecule has 0 radical (unpaired) electrons. The molecule has 0 saturated carbocycles. The number of nitrogens with zero attached hydrogens (tertiary/aromatic N) is 1. The van der Waals surface area contributed by atoms with E-state index in [1.54, 1.807) is 18.2 Å². The van der Waals surface area contributed by atoms with Crippen LogP contribution in [0.25, 0.3) is 43.1 Å². The van der Waals surface area contributed by atoms with Gasteiger partial charge in [0.2, 0.25) is 0 Å². The normalized spacial score (nSPS) is 14.0. The summed E-state index contributed by atoms with van der Waals surface area (Å²) in [6.45, 7) is 4.38. The molecule has 6 rings (SSSR count). The number of rotatable bonds is 13. The van der Waals surface area contributed by atoms with E-state index in [0.29, 0.717) is 32.7 Å². The minimum Gasteiger partial charge on any atom is -0.271 e. The molecular formula is C38H40F3NO2. The summed E-state index contributed by atoms with van der Waals surface area (Å²) in [5, 5.41) is 5.02. The number of carbonyl (C=O) groups is 2.